The van der Waals surface area contributed by atoms with Crippen LogP contribution in [0.5, 0.6) is 0 Å². The van der Waals surface area contributed by atoms with Crippen molar-refractivity contribution in [2.45, 2.75) is 78.2 Å². The monoisotopic (exact) mass is 503 g/mol. The van der Waals surface area contributed by atoms with E-state index in [1.54, 1.807) is 0 Å². The lowest BCUT2D eigenvalue weighted by Crippen LogP contribution is -2.45. The standard InChI is InChI=1S/C32H45N3O2/c1-21(2)16-26(17-22(3)4)32-31(23(5)6)28-18-25(9-10-29(28)33-32)24-11-14-34(15-12-24)19-30(37)35-13-7-8-27(35)20-36/h9-10,16-18,23-24,27,33,36H,1,7-8,11-15,19-20H2,2-6H3/b26-16+/t27-/m1/s1. The lowest BCUT2D eigenvalue weighted by atomic mass is 9.87. The second-order valence-electron chi connectivity index (χ2n) is 11.7. The van der Waals surface area contributed by atoms with Crippen molar-refractivity contribution in [1.82, 2.24) is 14.8 Å². The maximum Gasteiger partial charge on any atom is 0.237 e. The van der Waals surface area contributed by atoms with E-state index in [2.05, 4.69) is 74.5 Å². The third-order valence-corrected chi connectivity index (χ3v) is 7.90. The number of fused-ring (bicyclic) bond motifs is 1. The van der Waals surface area contributed by atoms with Crippen molar-refractivity contribution in [2.24, 2.45) is 0 Å². The fourth-order valence-corrected chi connectivity index (χ4v) is 6.13. The first-order valence-electron chi connectivity index (χ1n) is 14.0. The molecule has 0 spiro atoms. The van der Waals surface area contributed by atoms with Crippen molar-refractivity contribution >= 4 is 22.4 Å². The highest BCUT2D eigenvalue weighted by atomic mass is 16.3. The molecule has 1 amide bonds. The van der Waals surface area contributed by atoms with E-state index >= 15 is 0 Å². The van der Waals surface area contributed by atoms with Gasteiger partial charge in [0, 0.05) is 23.1 Å². The molecule has 0 unspecified atom stereocenters. The first-order valence-corrected chi connectivity index (χ1v) is 14.0. The van der Waals surface area contributed by atoms with Crippen molar-refractivity contribution in [1.29, 1.82) is 0 Å². The molecule has 5 heteroatoms. The highest BCUT2D eigenvalue weighted by Crippen LogP contribution is 2.37. The summed E-state index contributed by atoms with van der Waals surface area (Å²) in [6.45, 7) is 18.2. The molecule has 1 atom stereocenters. The van der Waals surface area contributed by atoms with Gasteiger partial charge in [0.2, 0.25) is 5.91 Å². The average molecular weight is 504 g/mol. The molecule has 2 aliphatic rings. The van der Waals surface area contributed by atoms with Gasteiger partial charge in [0.25, 0.3) is 0 Å². The molecule has 37 heavy (non-hydrogen) atoms. The smallest absolute Gasteiger partial charge is 0.237 e. The molecule has 2 N–H and O–H groups in total. The maximum absolute atomic E-state index is 12.8. The van der Waals surface area contributed by atoms with Crippen LogP contribution in [0.2, 0.25) is 0 Å². The van der Waals surface area contributed by atoms with E-state index in [4.69, 9.17) is 0 Å². The summed E-state index contributed by atoms with van der Waals surface area (Å²) in [5.74, 6) is 1.07. The Morgan fingerprint density at radius 1 is 1.14 bits per heavy atom. The normalized spacial score (nSPS) is 19.7. The first kappa shape index (κ1) is 27.4. The van der Waals surface area contributed by atoms with Crippen molar-refractivity contribution in [3.05, 3.63) is 64.9 Å². The Morgan fingerprint density at radius 3 is 2.49 bits per heavy atom. The van der Waals surface area contributed by atoms with Crippen LogP contribution in [0.4, 0.5) is 0 Å². The molecule has 5 nitrogen and oxygen atoms in total. The molecule has 1 aromatic carbocycles. The number of aromatic nitrogens is 1. The molecular formula is C32H45N3O2. The van der Waals surface area contributed by atoms with Crippen molar-refractivity contribution in [3.63, 3.8) is 0 Å². The zero-order chi connectivity index (χ0) is 26.7. The minimum absolute atomic E-state index is 0.0145. The summed E-state index contributed by atoms with van der Waals surface area (Å²) in [6.07, 6.45) is 8.47. The fraction of sp³-hybridized carbons (Fsp3) is 0.531. The number of carbonyl (C=O) groups is 1. The summed E-state index contributed by atoms with van der Waals surface area (Å²) in [5, 5.41) is 10.9. The summed E-state index contributed by atoms with van der Waals surface area (Å²) in [4.78, 5) is 20.7. The summed E-state index contributed by atoms with van der Waals surface area (Å²) in [6, 6.07) is 6.96. The van der Waals surface area contributed by atoms with Crippen LogP contribution in [-0.4, -0.2) is 64.6 Å². The van der Waals surface area contributed by atoms with Crippen molar-refractivity contribution in [2.75, 3.05) is 32.8 Å². The Hall–Kier alpha value is -2.63. The van der Waals surface area contributed by atoms with Crippen molar-refractivity contribution < 1.29 is 9.90 Å². The van der Waals surface area contributed by atoms with E-state index in [1.807, 2.05) is 11.8 Å². The zero-order valence-electron chi connectivity index (χ0n) is 23.4. The molecule has 2 saturated heterocycles. The van der Waals surface area contributed by atoms with Crippen LogP contribution >= 0.6 is 0 Å². The number of hydrogen-bond acceptors (Lipinski definition) is 3. The molecule has 0 radical (unpaired) electrons. The Bertz CT molecular complexity index is 1190. The maximum atomic E-state index is 12.8. The molecule has 0 bridgehead atoms. The van der Waals surface area contributed by atoms with E-state index in [0.29, 0.717) is 18.4 Å². The summed E-state index contributed by atoms with van der Waals surface area (Å²) < 4.78 is 0. The van der Waals surface area contributed by atoms with Gasteiger partial charge in [-0.15, -0.1) is 0 Å². The first-order chi connectivity index (χ1) is 17.7. The van der Waals surface area contributed by atoms with Crippen LogP contribution < -0.4 is 0 Å². The number of H-pyrrole nitrogens is 1. The van der Waals surface area contributed by atoms with Gasteiger partial charge in [-0.25, -0.2) is 0 Å². The molecule has 2 aliphatic heterocycles. The van der Waals surface area contributed by atoms with Crippen LogP contribution in [0.1, 0.15) is 89.0 Å². The molecule has 4 rings (SSSR count). The van der Waals surface area contributed by atoms with Gasteiger partial charge in [-0.05, 0) is 100 Å². The predicted molar refractivity (Wildman–Crippen MR) is 155 cm³/mol. The lowest BCUT2D eigenvalue weighted by molar-refractivity contribution is -0.134. The molecule has 3 heterocycles. The Labute approximate surface area is 222 Å². The van der Waals surface area contributed by atoms with E-state index < -0.39 is 0 Å². The number of aromatic amines is 1. The number of benzene rings is 1. The van der Waals surface area contributed by atoms with Gasteiger partial charge in [-0.1, -0.05) is 49.8 Å². The number of amides is 1. The van der Waals surface area contributed by atoms with E-state index in [0.717, 1.165) is 50.9 Å². The molecule has 2 fully saturated rings. The van der Waals surface area contributed by atoms with Crippen LogP contribution in [0.3, 0.4) is 0 Å². The van der Waals surface area contributed by atoms with Gasteiger partial charge < -0.3 is 15.0 Å². The number of nitrogens with one attached hydrogen (secondary N) is 1. The van der Waals surface area contributed by atoms with Gasteiger partial charge in [-0.2, -0.15) is 0 Å². The van der Waals surface area contributed by atoms with E-state index in [9.17, 15) is 9.90 Å². The number of aliphatic hydroxyl groups is 1. The molecule has 200 valence electrons. The Kier molecular flexibility index (Phi) is 8.76. The quantitative estimate of drug-likeness (QED) is 0.411. The van der Waals surface area contributed by atoms with Crippen molar-refractivity contribution in [3.8, 4) is 0 Å². The summed E-state index contributed by atoms with van der Waals surface area (Å²) in [5.41, 5.74) is 8.65. The largest absolute Gasteiger partial charge is 0.394 e. The second-order valence-corrected chi connectivity index (χ2v) is 11.7. The third kappa shape index (κ3) is 6.27. The van der Waals surface area contributed by atoms with E-state index in [1.165, 1.54) is 38.9 Å². The molecule has 0 aliphatic carbocycles. The number of nitrogens with zero attached hydrogens (tertiary/aromatic N) is 2. The number of piperidine rings is 1. The fourth-order valence-electron chi connectivity index (χ4n) is 6.13. The summed E-state index contributed by atoms with van der Waals surface area (Å²) >= 11 is 0. The highest BCUT2D eigenvalue weighted by Gasteiger charge is 2.30. The second kappa shape index (κ2) is 11.8. The lowest BCUT2D eigenvalue weighted by Gasteiger charge is -2.33. The molecular weight excluding hydrogens is 458 g/mol. The van der Waals surface area contributed by atoms with Gasteiger partial charge in [0.15, 0.2) is 0 Å². The zero-order valence-corrected chi connectivity index (χ0v) is 23.4. The topological polar surface area (TPSA) is 59.6 Å². The third-order valence-electron chi connectivity index (χ3n) is 7.90. The number of hydrogen-bond donors (Lipinski definition) is 2. The minimum atomic E-state index is 0.0145. The van der Waals surface area contributed by atoms with Crippen LogP contribution in [0, 0.1) is 0 Å². The van der Waals surface area contributed by atoms with Gasteiger partial charge in [0.1, 0.15) is 0 Å². The van der Waals surface area contributed by atoms with Crippen LogP contribution in [-0.2, 0) is 4.79 Å². The Balaban J connectivity index is 1.52. The molecule has 2 aromatic rings. The number of rotatable bonds is 8. The van der Waals surface area contributed by atoms with Crippen LogP contribution in [0.15, 0.2) is 48.1 Å². The van der Waals surface area contributed by atoms with Gasteiger partial charge in [0.05, 0.1) is 19.2 Å². The van der Waals surface area contributed by atoms with Gasteiger partial charge >= 0.3 is 0 Å². The minimum Gasteiger partial charge on any atom is -0.394 e. The average Bonchev–Trinajstić information content (AvgIpc) is 3.48. The number of carbonyl (C=O) groups excluding carboxylic acids is 1. The highest BCUT2D eigenvalue weighted by molar-refractivity contribution is 5.92. The van der Waals surface area contributed by atoms with E-state index in [-0.39, 0.29) is 18.6 Å². The van der Waals surface area contributed by atoms with Gasteiger partial charge in [-0.3, -0.25) is 9.69 Å². The Morgan fingerprint density at radius 2 is 1.86 bits per heavy atom. The predicted octanol–water partition coefficient (Wildman–Crippen LogP) is 6.38. The summed E-state index contributed by atoms with van der Waals surface area (Å²) in [7, 11) is 0. The van der Waals surface area contributed by atoms with Crippen LogP contribution in [0.25, 0.3) is 16.5 Å². The number of aliphatic hydroxyl groups excluding tert-OH is 1. The number of allylic oxidation sites excluding steroid dienone is 5. The number of likely N-dealkylation sites (tertiary alicyclic amines) is 2. The SMILES string of the molecule is C=C(C)/C=C(\C=C(C)C)c1[nH]c2ccc(C3CCN(CC(=O)N4CCC[C@@H]4CO)CC3)cc2c1C(C)C. The molecule has 1 aromatic heterocycles. The molecule has 0 saturated carbocycles.